The van der Waals surface area contributed by atoms with E-state index in [-0.39, 0.29) is 0 Å². The summed E-state index contributed by atoms with van der Waals surface area (Å²) >= 11 is 2.30. The summed E-state index contributed by atoms with van der Waals surface area (Å²) in [5.74, 6) is 2.08. The van der Waals surface area contributed by atoms with Crippen LogP contribution >= 0.6 is 11.8 Å². The Labute approximate surface area is 80.5 Å². The summed E-state index contributed by atoms with van der Waals surface area (Å²) in [5.41, 5.74) is 0. The van der Waals surface area contributed by atoms with Crippen LogP contribution in [-0.4, -0.2) is 10.5 Å². The van der Waals surface area contributed by atoms with Crippen LogP contribution in [0.5, 0.6) is 0 Å². The molecule has 2 rings (SSSR count). The van der Waals surface area contributed by atoms with Gasteiger partial charge in [0.05, 0.1) is 0 Å². The van der Waals surface area contributed by atoms with E-state index in [1.54, 1.807) is 0 Å². The molecule has 0 N–H and O–H groups in total. The molecule has 0 nitrogen and oxygen atoms in total. The van der Waals surface area contributed by atoms with E-state index in [0.717, 1.165) is 22.3 Å². The van der Waals surface area contributed by atoms with Crippen molar-refractivity contribution in [1.82, 2.24) is 0 Å². The lowest BCUT2D eigenvalue weighted by molar-refractivity contribution is 0.289. The van der Waals surface area contributed by atoms with E-state index >= 15 is 0 Å². The smallest absolute Gasteiger partial charge is 0.00811 e. The summed E-state index contributed by atoms with van der Waals surface area (Å²) in [6.45, 7) is 4.84. The molecule has 0 spiro atoms. The molecule has 4 unspecified atom stereocenters. The van der Waals surface area contributed by atoms with Crippen LogP contribution in [0.25, 0.3) is 0 Å². The Morgan fingerprint density at radius 3 is 2.67 bits per heavy atom. The predicted octanol–water partition coefficient (Wildman–Crippen LogP) is 3.71. The van der Waals surface area contributed by atoms with Gasteiger partial charge in [0.1, 0.15) is 0 Å². The summed E-state index contributed by atoms with van der Waals surface area (Å²) < 4.78 is 0. The van der Waals surface area contributed by atoms with Gasteiger partial charge in [0.15, 0.2) is 0 Å². The van der Waals surface area contributed by atoms with E-state index in [1.165, 1.54) is 32.1 Å². The monoisotopic (exact) mass is 184 g/mol. The molecule has 0 bridgehead atoms. The minimum Gasteiger partial charge on any atom is -0.155 e. The van der Waals surface area contributed by atoms with Crippen molar-refractivity contribution in [3.05, 3.63) is 0 Å². The molecule has 0 radical (unpaired) electrons. The highest BCUT2D eigenvalue weighted by Crippen LogP contribution is 2.50. The number of rotatable bonds is 1. The fraction of sp³-hybridized carbons (Fsp3) is 1.00. The molecule has 1 saturated heterocycles. The maximum Gasteiger partial charge on any atom is 0.00811 e. The Bertz CT molecular complexity index is 153. The summed E-state index contributed by atoms with van der Waals surface area (Å²) in [5, 5.41) is 2.02. The zero-order chi connectivity index (χ0) is 8.55. The highest BCUT2D eigenvalue weighted by Gasteiger charge is 2.40. The van der Waals surface area contributed by atoms with E-state index in [1.807, 2.05) is 0 Å². The van der Waals surface area contributed by atoms with Crippen molar-refractivity contribution in [3.8, 4) is 0 Å². The highest BCUT2D eigenvalue weighted by atomic mass is 32.2. The summed E-state index contributed by atoms with van der Waals surface area (Å²) in [4.78, 5) is 0. The first-order valence-electron chi connectivity index (χ1n) is 5.48. The molecular weight excluding hydrogens is 164 g/mol. The van der Waals surface area contributed by atoms with Crippen LogP contribution in [-0.2, 0) is 0 Å². The van der Waals surface area contributed by atoms with Crippen LogP contribution < -0.4 is 0 Å². The molecule has 1 aliphatic heterocycles. The second-order valence-electron chi connectivity index (χ2n) is 4.43. The third-order valence-electron chi connectivity index (χ3n) is 3.77. The van der Waals surface area contributed by atoms with Crippen LogP contribution in [0.3, 0.4) is 0 Å². The van der Waals surface area contributed by atoms with Gasteiger partial charge in [-0.05, 0) is 31.1 Å². The van der Waals surface area contributed by atoms with Gasteiger partial charge in [0, 0.05) is 10.5 Å². The number of thioether (sulfide) groups is 1. The summed E-state index contributed by atoms with van der Waals surface area (Å²) in [6, 6.07) is 0. The van der Waals surface area contributed by atoms with Crippen LogP contribution in [0.4, 0.5) is 0 Å². The fourth-order valence-corrected chi connectivity index (χ4v) is 4.97. The molecule has 1 saturated carbocycles. The number of hydrogen-bond acceptors (Lipinski definition) is 1. The van der Waals surface area contributed by atoms with Gasteiger partial charge in [-0.2, -0.15) is 11.8 Å². The van der Waals surface area contributed by atoms with Crippen molar-refractivity contribution in [3.63, 3.8) is 0 Å². The largest absolute Gasteiger partial charge is 0.155 e. The van der Waals surface area contributed by atoms with Crippen LogP contribution in [0.1, 0.15) is 46.0 Å². The van der Waals surface area contributed by atoms with Gasteiger partial charge in [0.2, 0.25) is 0 Å². The van der Waals surface area contributed by atoms with E-state index in [0.29, 0.717) is 0 Å². The SMILES string of the molecule is CCC1SC2CCCCC2C1C. The lowest BCUT2D eigenvalue weighted by Crippen LogP contribution is -2.22. The zero-order valence-corrected chi connectivity index (χ0v) is 9.07. The molecule has 12 heavy (non-hydrogen) atoms. The molecule has 70 valence electrons. The second kappa shape index (κ2) is 3.61. The fourth-order valence-electron chi connectivity index (χ4n) is 2.99. The van der Waals surface area contributed by atoms with Crippen molar-refractivity contribution in [2.45, 2.75) is 56.5 Å². The van der Waals surface area contributed by atoms with Gasteiger partial charge in [-0.3, -0.25) is 0 Å². The molecule has 1 heteroatoms. The van der Waals surface area contributed by atoms with Gasteiger partial charge in [-0.25, -0.2) is 0 Å². The molecule has 2 aliphatic rings. The number of fused-ring (bicyclic) bond motifs is 1. The standard InChI is InChI=1S/C11H20S/c1-3-10-8(2)9-6-4-5-7-11(9)12-10/h8-11H,3-7H2,1-2H3. The van der Waals surface area contributed by atoms with Crippen molar-refractivity contribution in [2.75, 3.05) is 0 Å². The first-order chi connectivity index (χ1) is 5.83. The van der Waals surface area contributed by atoms with Gasteiger partial charge in [-0.15, -0.1) is 0 Å². The van der Waals surface area contributed by atoms with Crippen LogP contribution in [0.2, 0.25) is 0 Å². The van der Waals surface area contributed by atoms with Gasteiger partial charge in [0.25, 0.3) is 0 Å². The van der Waals surface area contributed by atoms with E-state index in [4.69, 9.17) is 0 Å². The lowest BCUT2D eigenvalue weighted by Gasteiger charge is -2.26. The molecule has 0 aromatic rings. The molecule has 0 amide bonds. The quantitative estimate of drug-likeness (QED) is 0.598. The van der Waals surface area contributed by atoms with Gasteiger partial charge < -0.3 is 0 Å². The van der Waals surface area contributed by atoms with Crippen LogP contribution in [0.15, 0.2) is 0 Å². The summed E-state index contributed by atoms with van der Waals surface area (Å²) in [6.07, 6.45) is 7.42. The Hall–Kier alpha value is 0.350. The minimum absolute atomic E-state index is 0.984. The van der Waals surface area contributed by atoms with Crippen molar-refractivity contribution in [1.29, 1.82) is 0 Å². The van der Waals surface area contributed by atoms with Crippen molar-refractivity contribution >= 4 is 11.8 Å². The van der Waals surface area contributed by atoms with Gasteiger partial charge >= 0.3 is 0 Å². The average molecular weight is 184 g/mol. The lowest BCUT2D eigenvalue weighted by atomic mass is 9.79. The molecular formula is C11H20S. The molecule has 1 aliphatic carbocycles. The Balaban J connectivity index is 2.03. The highest BCUT2D eigenvalue weighted by molar-refractivity contribution is 8.00. The van der Waals surface area contributed by atoms with Gasteiger partial charge in [-0.1, -0.05) is 26.7 Å². The molecule has 2 fully saturated rings. The first kappa shape index (κ1) is 8.93. The maximum absolute atomic E-state index is 2.48. The van der Waals surface area contributed by atoms with Crippen molar-refractivity contribution < 1.29 is 0 Å². The topological polar surface area (TPSA) is 0 Å². The Kier molecular flexibility index (Phi) is 2.69. The van der Waals surface area contributed by atoms with E-state index < -0.39 is 0 Å². The average Bonchev–Trinajstić information content (AvgIpc) is 2.44. The van der Waals surface area contributed by atoms with E-state index in [2.05, 4.69) is 25.6 Å². The van der Waals surface area contributed by atoms with Crippen LogP contribution in [0, 0.1) is 11.8 Å². The third kappa shape index (κ3) is 1.41. The maximum atomic E-state index is 2.48. The normalized spacial score (nSPS) is 47.5. The van der Waals surface area contributed by atoms with E-state index in [9.17, 15) is 0 Å². The zero-order valence-electron chi connectivity index (χ0n) is 8.25. The summed E-state index contributed by atoms with van der Waals surface area (Å²) in [7, 11) is 0. The minimum atomic E-state index is 0.984. The van der Waals surface area contributed by atoms with Crippen molar-refractivity contribution in [2.24, 2.45) is 11.8 Å². The first-order valence-corrected chi connectivity index (χ1v) is 6.42. The molecule has 0 aromatic carbocycles. The molecule has 0 aromatic heterocycles. The number of hydrogen-bond donors (Lipinski definition) is 0. The Morgan fingerprint density at radius 2 is 2.00 bits per heavy atom. The Morgan fingerprint density at radius 1 is 1.25 bits per heavy atom. The molecule has 4 atom stereocenters. The predicted molar refractivity (Wildman–Crippen MR) is 56.6 cm³/mol. The second-order valence-corrected chi connectivity index (χ2v) is 5.91. The third-order valence-corrected chi connectivity index (χ3v) is 5.81. The molecule has 1 heterocycles.